The molecule has 0 aliphatic carbocycles. The van der Waals surface area contributed by atoms with Crippen LogP contribution in [0.15, 0.2) is 42.0 Å². The van der Waals surface area contributed by atoms with Crippen molar-refractivity contribution in [3.63, 3.8) is 0 Å². The molecule has 174 valence electrons. The molecule has 1 saturated heterocycles. The highest BCUT2D eigenvalue weighted by atomic mass is 35.5. The fourth-order valence-electron chi connectivity index (χ4n) is 3.61. The number of nitrogens with one attached hydrogen (secondary N) is 1. The number of anilines is 1. The van der Waals surface area contributed by atoms with Crippen LogP contribution in [0.3, 0.4) is 0 Å². The summed E-state index contributed by atoms with van der Waals surface area (Å²) in [5, 5.41) is 3.18. The molecule has 0 spiro atoms. The molecule has 2 aromatic carbocycles. The Labute approximate surface area is 205 Å². The number of nitrogens with zero attached hydrogens (tertiary/aromatic N) is 1. The Kier molecular flexibility index (Phi) is 6.74. The van der Waals surface area contributed by atoms with Crippen LogP contribution >= 0.6 is 23.8 Å². The number of ether oxygens (including phenoxy) is 1. The van der Waals surface area contributed by atoms with Crippen LogP contribution in [0.25, 0.3) is 6.08 Å². The first-order valence-corrected chi connectivity index (χ1v) is 11.4. The summed E-state index contributed by atoms with van der Waals surface area (Å²) in [6, 6.07) is 10.8. The first-order chi connectivity index (χ1) is 15.2. The molecule has 0 aromatic heterocycles. The standard InChI is InChI=1S/C26H29ClN2O3S/c1-25(2,3)16-12-15(21(32-7)20(14-16)26(4,5)6)13-19-22(30)28-24(33)29(23(19)31)18-10-8-17(27)9-11-18/h8-14H,1-7H3,(H,28,30,33). The molecule has 7 heteroatoms. The van der Waals surface area contributed by atoms with E-state index < -0.39 is 11.8 Å². The van der Waals surface area contributed by atoms with E-state index in [2.05, 4.69) is 52.9 Å². The Morgan fingerprint density at radius 2 is 1.61 bits per heavy atom. The lowest BCUT2D eigenvalue weighted by atomic mass is 9.78. The number of rotatable bonds is 3. The highest BCUT2D eigenvalue weighted by molar-refractivity contribution is 7.80. The highest BCUT2D eigenvalue weighted by Crippen LogP contribution is 2.39. The molecular formula is C26H29ClN2O3S. The van der Waals surface area contributed by atoms with Gasteiger partial charge in [0.1, 0.15) is 11.3 Å². The number of hydrogen-bond donors (Lipinski definition) is 1. The van der Waals surface area contributed by atoms with Crippen LogP contribution in [0.1, 0.15) is 58.2 Å². The van der Waals surface area contributed by atoms with Crippen LogP contribution < -0.4 is 15.0 Å². The number of carbonyl (C=O) groups is 2. The van der Waals surface area contributed by atoms with E-state index in [9.17, 15) is 9.59 Å². The second-order valence-electron chi connectivity index (χ2n) is 10.1. The molecule has 1 fully saturated rings. The zero-order valence-corrected chi connectivity index (χ0v) is 21.6. The molecule has 1 N–H and O–H groups in total. The van der Waals surface area contributed by atoms with Crippen LogP contribution in [0.5, 0.6) is 5.75 Å². The molecule has 0 radical (unpaired) electrons. The van der Waals surface area contributed by atoms with Gasteiger partial charge in [-0.25, -0.2) is 0 Å². The summed E-state index contributed by atoms with van der Waals surface area (Å²) >= 11 is 11.3. The van der Waals surface area contributed by atoms with Gasteiger partial charge in [-0.3, -0.25) is 19.8 Å². The average Bonchev–Trinajstić information content (AvgIpc) is 2.70. The van der Waals surface area contributed by atoms with Crippen molar-refractivity contribution in [1.82, 2.24) is 5.32 Å². The van der Waals surface area contributed by atoms with Gasteiger partial charge < -0.3 is 4.74 Å². The van der Waals surface area contributed by atoms with Crippen molar-refractivity contribution >= 4 is 52.5 Å². The summed E-state index contributed by atoms with van der Waals surface area (Å²) in [6.07, 6.45) is 1.59. The van der Waals surface area contributed by atoms with Crippen molar-refractivity contribution in [3.05, 3.63) is 63.7 Å². The monoisotopic (exact) mass is 484 g/mol. The lowest BCUT2D eigenvalue weighted by molar-refractivity contribution is -0.122. The predicted octanol–water partition coefficient (Wildman–Crippen LogP) is 5.77. The van der Waals surface area contributed by atoms with Crippen molar-refractivity contribution in [2.75, 3.05) is 12.0 Å². The topological polar surface area (TPSA) is 58.6 Å². The average molecular weight is 485 g/mol. The molecule has 5 nitrogen and oxygen atoms in total. The number of thiocarbonyl (C=S) groups is 1. The summed E-state index contributed by atoms with van der Waals surface area (Å²) in [5.41, 5.74) is 2.88. The third kappa shape index (κ3) is 5.12. The number of carbonyl (C=O) groups excluding carboxylic acids is 2. The van der Waals surface area contributed by atoms with Gasteiger partial charge in [-0.1, -0.05) is 59.2 Å². The quantitative estimate of drug-likeness (QED) is 0.341. The molecule has 1 heterocycles. The van der Waals surface area contributed by atoms with Crippen molar-refractivity contribution < 1.29 is 14.3 Å². The van der Waals surface area contributed by atoms with E-state index in [4.69, 9.17) is 28.6 Å². The summed E-state index contributed by atoms with van der Waals surface area (Å²) < 4.78 is 5.79. The fourth-order valence-corrected chi connectivity index (χ4v) is 4.02. The maximum Gasteiger partial charge on any atom is 0.270 e. The van der Waals surface area contributed by atoms with E-state index in [0.29, 0.717) is 22.0 Å². The van der Waals surface area contributed by atoms with Gasteiger partial charge in [-0.05, 0) is 65.0 Å². The highest BCUT2D eigenvalue weighted by Gasteiger charge is 2.35. The van der Waals surface area contributed by atoms with E-state index in [-0.39, 0.29) is 21.5 Å². The van der Waals surface area contributed by atoms with Gasteiger partial charge in [0, 0.05) is 16.1 Å². The van der Waals surface area contributed by atoms with Crippen LogP contribution in [0.4, 0.5) is 5.69 Å². The summed E-state index contributed by atoms with van der Waals surface area (Å²) in [4.78, 5) is 27.6. The Hall–Kier alpha value is -2.70. The SMILES string of the molecule is COc1c(C=C2C(=O)NC(=S)N(c3ccc(Cl)cc3)C2=O)cc(C(C)(C)C)cc1C(C)(C)C. The van der Waals surface area contributed by atoms with Crippen LogP contribution in [0, 0.1) is 0 Å². The number of methoxy groups -OCH3 is 1. The Morgan fingerprint density at radius 1 is 1.00 bits per heavy atom. The van der Waals surface area contributed by atoms with Gasteiger partial charge in [0.2, 0.25) is 0 Å². The minimum absolute atomic E-state index is 0.0234. The third-order valence-electron chi connectivity index (χ3n) is 5.48. The smallest absolute Gasteiger partial charge is 0.270 e. The van der Waals surface area contributed by atoms with Crippen LogP contribution in [0.2, 0.25) is 5.02 Å². The summed E-state index contributed by atoms with van der Waals surface area (Å²) in [6.45, 7) is 12.7. The molecular weight excluding hydrogens is 456 g/mol. The molecule has 1 aliphatic heterocycles. The lowest BCUT2D eigenvalue weighted by Crippen LogP contribution is -2.54. The number of hydrogen-bond acceptors (Lipinski definition) is 4. The van der Waals surface area contributed by atoms with Gasteiger partial charge in [-0.15, -0.1) is 0 Å². The van der Waals surface area contributed by atoms with E-state index >= 15 is 0 Å². The van der Waals surface area contributed by atoms with Crippen molar-refractivity contribution in [2.45, 2.75) is 52.4 Å². The largest absolute Gasteiger partial charge is 0.496 e. The van der Waals surface area contributed by atoms with E-state index in [1.165, 1.54) is 4.90 Å². The molecule has 0 saturated carbocycles. The normalized spacial score (nSPS) is 16.3. The van der Waals surface area contributed by atoms with Gasteiger partial charge >= 0.3 is 0 Å². The number of benzene rings is 2. The Bertz CT molecular complexity index is 1160. The maximum absolute atomic E-state index is 13.4. The first kappa shape index (κ1) is 24.9. The molecule has 2 amide bonds. The van der Waals surface area contributed by atoms with Gasteiger partial charge in [-0.2, -0.15) is 0 Å². The van der Waals surface area contributed by atoms with Crippen molar-refractivity contribution in [2.24, 2.45) is 0 Å². The van der Waals surface area contributed by atoms with Gasteiger partial charge in [0.25, 0.3) is 11.8 Å². The molecule has 0 atom stereocenters. The molecule has 33 heavy (non-hydrogen) atoms. The Morgan fingerprint density at radius 3 is 2.12 bits per heavy atom. The molecule has 0 bridgehead atoms. The van der Waals surface area contributed by atoms with Crippen molar-refractivity contribution in [3.8, 4) is 5.75 Å². The molecule has 0 unspecified atom stereocenters. The number of halogens is 1. The zero-order valence-electron chi connectivity index (χ0n) is 20.0. The minimum atomic E-state index is -0.546. The Balaban J connectivity index is 2.21. The predicted molar refractivity (Wildman–Crippen MR) is 138 cm³/mol. The summed E-state index contributed by atoms with van der Waals surface area (Å²) in [5.74, 6) is -0.419. The second-order valence-corrected chi connectivity index (χ2v) is 10.9. The third-order valence-corrected chi connectivity index (χ3v) is 6.02. The van der Waals surface area contributed by atoms with Crippen LogP contribution in [-0.2, 0) is 20.4 Å². The van der Waals surface area contributed by atoms with Gasteiger partial charge in [0.05, 0.1) is 12.8 Å². The van der Waals surface area contributed by atoms with E-state index in [1.807, 2.05) is 6.07 Å². The minimum Gasteiger partial charge on any atom is -0.496 e. The van der Waals surface area contributed by atoms with Crippen LogP contribution in [-0.4, -0.2) is 24.0 Å². The van der Waals surface area contributed by atoms with Gasteiger partial charge in [0.15, 0.2) is 5.11 Å². The maximum atomic E-state index is 13.4. The molecule has 3 rings (SSSR count). The lowest BCUT2D eigenvalue weighted by Gasteiger charge is -2.30. The zero-order chi connectivity index (χ0) is 24.7. The summed E-state index contributed by atoms with van der Waals surface area (Å²) in [7, 11) is 1.60. The second kappa shape index (κ2) is 8.92. The van der Waals surface area contributed by atoms with Crippen molar-refractivity contribution in [1.29, 1.82) is 0 Å². The van der Waals surface area contributed by atoms with E-state index in [1.54, 1.807) is 37.5 Å². The first-order valence-electron chi connectivity index (χ1n) is 10.6. The van der Waals surface area contributed by atoms with E-state index in [0.717, 1.165) is 11.1 Å². The number of amides is 2. The molecule has 2 aromatic rings. The molecule has 1 aliphatic rings. The fraction of sp³-hybridized carbons (Fsp3) is 0.346.